The molecule has 0 radical (unpaired) electrons. The van der Waals surface area contributed by atoms with E-state index in [2.05, 4.69) is 4.90 Å². The van der Waals surface area contributed by atoms with Crippen LogP contribution >= 0.6 is 0 Å². The van der Waals surface area contributed by atoms with Crippen molar-refractivity contribution in [2.24, 2.45) is 0 Å². The van der Waals surface area contributed by atoms with Gasteiger partial charge >= 0.3 is 0 Å². The van der Waals surface area contributed by atoms with Gasteiger partial charge in [-0.25, -0.2) is 0 Å². The molecule has 1 amide bonds. The van der Waals surface area contributed by atoms with Gasteiger partial charge in [0.25, 0.3) is 0 Å². The third-order valence-electron chi connectivity index (χ3n) is 4.19. The van der Waals surface area contributed by atoms with Crippen molar-refractivity contribution in [1.29, 1.82) is 0 Å². The first-order chi connectivity index (χ1) is 8.58. The van der Waals surface area contributed by atoms with E-state index in [0.29, 0.717) is 18.6 Å². The summed E-state index contributed by atoms with van der Waals surface area (Å²) in [5, 5.41) is 9.54. The smallest absolute Gasteiger partial charge is 0.236 e. The highest BCUT2D eigenvalue weighted by Crippen LogP contribution is 2.26. The summed E-state index contributed by atoms with van der Waals surface area (Å²) in [7, 11) is 1.92. The molecule has 1 N–H and O–H groups in total. The van der Waals surface area contributed by atoms with Gasteiger partial charge in [0.2, 0.25) is 5.91 Å². The normalized spacial score (nSPS) is 26.9. The Morgan fingerprint density at radius 3 is 2.72 bits per heavy atom. The van der Waals surface area contributed by atoms with Crippen LogP contribution < -0.4 is 0 Å². The molecular formula is C14H26N2O2. The van der Waals surface area contributed by atoms with Crippen molar-refractivity contribution in [2.45, 2.75) is 63.6 Å². The largest absolute Gasteiger partial charge is 0.393 e. The molecule has 0 spiro atoms. The van der Waals surface area contributed by atoms with Gasteiger partial charge in [0.15, 0.2) is 0 Å². The summed E-state index contributed by atoms with van der Waals surface area (Å²) in [6.45, 7) is 3.37. The number of carbonyl (C=O) groups excluding carboxylic acids is 1. The van der Waals surface area contributed by atoms with Crippen molar-refractivity contribution >= 4 is 5.91 Å². The number of likely N-dealkylation sites (tertiary alicyclic amines) is 1. The van der Waals surface area contributed by atoms with Crippen LogP contribution in [0.25, 0.3) is 0 Å². The summed E-state index contributed by atoms with van der Waals surface area (Å²) in [6.07, 6.45) is 6.37. The van der Waals surface area contributed by atoms with Gasteiger partial charge in [0.05, 0.1) is 12.6 Å². The molecule has 2 rings (SSSR count). The molecule has 2 aliphatic rings. The van der Waals surface area contributed by atoms with E-state index in [1.807, 2.05) is 18.9 Å². The number of nitrogens with zero attached hydrogens (tertiary/aromatic N) is 2. The van der Waals surface area contributed by atoms with Gasteiger partial charge in [0.1, 0.15) is 0 Å². The first kappa shape index (κ1) is 13.8. The molecule has 1 saturated heterocycles. The van der Waals surface area contributed by atoms with Gasteiger partial charge < -0.3 is 10.0 Å². The van der Waals surface area contributed by atoms with Crippen LogP contribution in [0.15, 0.2) is 0 Å². The van der Waals surface area contributed by atoms with Gasteiger partial charge in [-0.05, 0) is 45.6 Å². The van der Waals surface area contributed by atoms with E-state index < -0.39 is 0 Å². The Morgan fingerprint density at radius 1 is 1.39 bits per heavy atom. The molecule has 2 fully saturated rings. The van der Waals surface area contributed by atoms with Crippen LogP contribution in [0.1, 0.15) is 45.4 Å². The van der Waals surface area contributed by atoms with Crippen LogP contribution in [0, 0.1) is 0 Å². The second-order valence-electron chi connectivity index (χ2n) is 5.94. The maximum absolute atomic E-state index is 12.1. The third kappa shape index (κ3) is 3.69. The highest BCUT2D eigenvalue weighted by molar-refractivity contribution is 5.78. The second-order valence-corrected chi connectivity index (χ2v) is 5.94. The predicted molar refractivity (Wildman–Crippen MR) is 71.3 cm³/mol. The van der Waals surface area contributed by atoms with Crippen LogP contribution in [-0.4, -0.2) is 59.1 Å². The topological polar surface area (TPSA) is 43.8 Å². The summed E-state index contributed by atoms with van der Waals surface area (Å²) in [6, 6.07) is 0.882. The maximum Gasteiger partial charge on any atom is 0.236 e. The van der Waals surface area contributed by atoms with Crippen LogP contribution in [0.5, 0.6) is 0 Å². The van der Waals surface area contributed by atoms with Gasteiger partial charge in [0, 0.05) is 19.1 Å². The fourth-order valence-electron chi connectivity index (χ4n) is 2.88. The summed E-state index contributed by atoms with van der Waals surface area (Å²) >= 11 is 0. The molecule has 1 aliphatic carbocycles. The van der Waals surface area contributed by atoms with Crippen molar-refractivity contribution in [3.05, 3.63) is 0 Å². The zero-order valence-corrected chi connectivity index (χ0v) is 11.6. The lowest BCUT2D eigenvalue weighted by molar-refractivity contribution is -0.132. The summed E-state index contributed by atoms with van der Waals surface area (Å²) in [5.74, 6) is 0.245. The van der Waals surface area contributed by atoms with Crippen LogP contribution in [0.4, 0.5) is 0 Å². The number of aliphatic hydroxyl groups is 1. The highest BCUT2D eigenvalue weighted by Gasteiger charge is 2.32. The van der Waals surface area contributed by atoms with Crippen LogP contribution in [0.3, 0.4) is 0 Å². The minimum Gasteiger partial charge on any atom is -0.393 e. The molecule has 4 nitrogen and oxygen atoms in total. The van der Waals surface area contributed by atoms with E-state index >= 15 is 0 Å². The molecule has 0 aromatic carbocycles. The molecule has 2 atom stereocenters. The molecule has 4 heteroatoms. The summed E-state index contributed by atoms with van der Waals surface area (Å²) in [5.41, 5.74) is 0. The number of likely N-dealkylation sites (N-methyl/N-ethyl adjacent to an activating group) is 1. The maximum atomic E-state index is 12.1. The molecule has 1 heterocycles. The van der Waals surface area contributed by atoms with Crippen molar-refractivity contribution < 1.29 is 9.90 Å². The van der Waals surface area contributed by atoms with Gasteiger partial charge in [-0.1, -0.05) is 6.42 Å². The quantitative estimate of drug-likeness (QED) is 0.802. The van der Waals surface area contributed by atoms with E-state index in [1.165, 1.54) is 25.7 Å². The number of piperidine rings is 1. The number of hydrogen-bond donors (Lipinski definition) is 1. The molecular weight excluding hydrogens is 228 g/mol. The van der Waals surface area contributed by atoms with Crippen LogP contribution in [-0.2, 0) is 4.79 Å². The molecule has 0 bridgehead atoms. The first-order valence-corrected chi connectivity index (χ1v) is 7.25. The SMILES string of the molecule is CC(O)CC1CCCCN1CC(=O)N(C)C1CC1. The number of carbonyl (C=O) groups is 1. The summed E-state index contributed by atoms with van der Waals surface area (Å²) in [4.78, 5) is 16.3. The van der Waals surface area contributed by atoms with E-state index in [4.69, 9.17) is 0 Å². The molecule has 0 aromatic rings. The monoisotopic (exact) mass is 254 g/mol. The zero-order chi connectivity index (χ0) is 13.1. The van der Waals surface area contributed by atoms with Crippen LogP contribution in [0.2, 0.25) is 0 Å². The number of hydrogen-bond acceptors (Lipinski definition) is 3. The lowest BCUT2D eigenvalue weighted by atomic mass is 9.97. The number of rotatable bonds is 5. The van der Waals surface area contributed by atoms with E-state index in [9.17, 15) is 9.90 Å². The highest BCUT2D eigenvalue weighted by atomic mass is 16.3. The number of aliphatic hydroxyl groups excluding tert-OH is 1. The Labute approximate surface area is 110 Å². The molecule has 1 aliphatic heterocycles. The molecule has 18 heavy (non-hydrogen) atoms. The zero-order valence-electron chi connectivity index (χ0n) is 11.6. The second kappa shape index (κ2) is 6.02. The molecule has 1 saturated carbocycles. The van der Waals surface area contributed by atoms with Crippen molar-refractivity contribution in [1.82, 2.24) is 9.80 Å². The lowest BCUT2D eigenvalue weighted by Gasteiger charge is -2.36. The number of amides is 1. The van der Waals surface area contributed by atoms with E-state index in [0.717, 1.165) is 19.4 Å². The minimum atomic E-state index is -0.271. The average molecular weight is 254 g/mol. The molecule has 0 aromatic heterocycles. The minimum absolute atomic E-state index is 0.245. The average Bonchev–Trinajstić information content (AvgIpc) is 3.14. The molecule has 2 unspecified atom stereocenters. The van der Waals surface area contributed by atoms with Gasteiger partial charge in [-0.3, -0.25) is 9.69 Å². The van der Waals surface area contributed by atoms with E-state index in [-0.39, 0.29) is 12.0 Å². The van der Waals surface area contributed by atoms with Gasteiger partial charge in [-0.15, -0.1) is 0 Å². The fourth-order valence-corrected chi connectivity index (χ4v) is 2.88. The van der Waals surface area contributed by atoms with Crippen molar-refractivity contribution in [2.75, 3.05) is 20.1 Å². The van der Waals surface area contributed by atoms with Gasteiger partial charge in [-0.2, -0.15) is 0 Å². The Balaban J connectivity index is 1.85. The Bertz CT molecular complexity index is 290. The fraction of sp³-hybridized carbons (Fsp3) is 0.929. The molecule has 104 valence electrons. The Hall–Kier alpha value is -0.610. The van der Waals surface area contributed by atoms with E-state index in [1.54, 1.807) is 0 Å². The first-order valence-electron chi connectivity index (χ1n) is 7.25. The van der Waals surface area contributed by atoms with Crippen molar-refractivity contribution in [3.8, 4) is 0 Å². The predicted octanol–water partition coefficient (Wildman–Crippen LogP) is 1.23. The summed E-state index contributed by atoms with van der Waals surface area (Å²) < 4.78 is 0. The van der Waals surface area contributed by atoms with Crippen molar-refractivity contribution in [3.63, 3.8) is 0 Å². The lowest BCUT2D eigenvalue weighted by Crippen LogP contribution is -2.47. The Kier molecular flexibility index (Phi) is 4.62. The third-order valence-corrected chi connectivity index (χ3v) is 4.19. The Morgan fingerprint density at radius 2 is 2.11 bits per heavy atom. The standard InChI is InChI=1S/C14H26N2O2/c1-11(17)9-13-5-3-4-8-16(13)10-14(18)15(2)12-6-7-12/h11-13,17H,3-10H2,1-2H3.